The maximum atomic E-state index is 11.7. The lowest BCUT2D eigenvalue weighted by Crippen LogP contribution is -2.95. The van der Waals surface area contributed by atoms with E-state index < -0.39 is 12.0 Å². The Morgan fingerprint density at radius 2 is 2.07 bits per heavy atom. The van der Waals surface area contributed by atoms with E-state index in [1.165, 1.54) is 0 Å². The second-order valence-electron chi connectivity index (χ2n) is 6.71. The predicted molar refractivity (Wildman–Crippen MR) is 98.7 cm³/mol. The van der Waals surface area contributed by atoms with Crippen molar-refractivity contribution in [2.24, 2.45) is 0 Å². The van der Waals surface area contributed by atoms with Gasteiger partial charge < -0.3 is 29.7 Å². The fraction of sp³-hybridized carbons (Fsp3) is 0.286. The standard InChI is InChI=1S/C21H22N2O4/c1-3-27-17-9-8-12(10-18(17)26-2)19-20-14(11-16(23-19)21(24)25)13-6-4-5-7-15(13)22-20/h4-10,16,19,22-23H,3,11H2,1-2H3,(H,24,25)/t16-,19-/m1/s1. The second kappa shape index (κ2) is 6.96. The molecule has 0 amide bonds. The molecule has 140 valence electrons. The van der Waals surface area contributed by atoms with Crippen molar-refractivity contribution in [3.05, 3.63) is 59.3 Å². The number of aromatic nitrogens is 1. The molecule has 0 aliphatic carbocycles. The lowest BCUT2D eigenvalue weighted by atomic mass is 9.90. The summed E-state index contributed by atoms with van der Waals surface area (Å²) in [5.41, 5.74) is 4.03. The molecule has 0 saturated carbocycles. The Hall–Kier alpha value is -2.99. The number of fused-ring (bicyclic) bond motifs is 3. The van der Waals surface area contributed by atoms with Crippen molar-refractivity contribution in [1.29, 1.82) is 0 Å². The quantitative estimate of drug-likeness (QED) is 0.702. The molecule has 0 radical (unpaired) electrons. The molecule has 0 spiro atoms. The van der Waals surface area contributed by atoms with Crippen LogP contribution in [-0.2, 0) is 11.2 Å². The van der Waals surface area contributed by atoms with Crippen LogP contribution in [0.3, 0.4) is 0 Å². The van der Waals surface area contributed by atoms with Gasteiger partial charge in [0.2, 0.25) is 0 Å². The van der Waals surface area contributed by atoms with E-state index in [-0.39, 0.29) is 6.04 Å². The number of H-pyrrole nitrogens is 1. The number of hydrogen-bond acceptors (Lipinski definition) is 4. The molecular formula is C21H22N2O4. The van der Waals surface area contributed by atoms with E-state index in [0.29, 0.717) is 24.5 Å². The summed E-state index contributed by atoms with van der Waals surface area (Å²) in [7, 11) is 1.60. The number of aromatic amines is 1. The van der Waals surface area contributed by atoms with Crippen LogP contribution >= 0.6 is 0 Å². The van der Waals surface area contributed by atoms with E-state index in [0.717, 1.165) is 27.7 Å². The summed E-state index contributed by atoms with van der Waals surface area (Å²) in [4.78, 5) is 15.1. The molecular weight excluding hydrogens is 344 g/mol. The lowest BCUT2D eigenvalue weighted by Gasteiger charge is -2.29. The van der Waals surface area contributed by atoms with Crippen LogP contribution in [0.4, 0.5) is 0 Å². The zero-order valence-electron chi connectivity index (χ0n) is 15.3. The number of carboxylic acid groups (broad SMARTS) is 1. The van der Waals surface area contributed by atoms with Gasteiger partial charge in [0.25, 0.3) is 0 Å². The van der Waals surface area contributed by atoms with Gasteiger partial charge in [-0.3, -0.25) is 0 Å². The number of methoxy groups -OCH3 is 1. The Bertz CT molecular complexity index is 995. The van der Waals surface area contributed by atoms with E-state index >= 15 is 0 Å². The van der Waals surface area contributed by atoms with E-state index in [9.17, 15) is 9.90 Å². The van der Waals surface area contributed by atoms with Crippen molar-refractivity contribution < 1.29 is 24.7 Å². The monoisotopic (exact) mass is 366 g/mol. The molecule has 0 fully saturated rings. The first-order chi connectivity index (χ1) is 13.1. The fourth-order valence-electron chi connectivity index (χ4n) is 3.91. The van der Waals surface area contributed by atoms with Crippen molar-refractivity contribution >= 4 is 16.9 Å². The average Bonchev–Trinajstić information content (AvgIpc) is 3.06. The van der Waals surface area contributed by atoms with Crippen molar-refractivity contribution in [3.63, 3.8) is 0 Å². The molecule has 2 heterocycles. The fourth-order valence-corrected chi connectivity index (χ4v) is 3.91. The second-order valence-corrected chi connectivity index (χ2v) is 6.71. The Labute approximate surface area is 157 Å². The summed E-state index contributed by atoms with van der Waals surface area (Å²) in [6.45, 7) is 2.47. The largest absolute Gasteiger partial charge is 0.544 e. The highest BCUT2D eigenvalue weighted by Crippen LogP contribution is 2.35. The summed E-state index contributed by atoms with van der Waals surface area (Å²) in [6.07, 6.45) is 0.437. The Morgan fingerprint density at radius 1 is 1.26 bits per heavy atom. The Kier molecular flexibility index (Phi) is 4.49. The topological polar surface area (TPSA) is 91.0 Å². The van der Waals surface area contributed by atoms with Crippen molar-refractivity contribution in [2.45, 2.75) is 25.4 Å². The normalized spacial score (nSPS) is 18.9. The number of rotatable bonds is 5. The molecule has 3 aromatic rings. The summed E-state index contributed by atoms with van der Waals surface area (Å²) in [5, 5.41) is 14.6. The maximum absolute atomic E-state index is 11.7. The molecule has 2 aromatic carbocycles. The first-order valence-corrected chi connectivity index (χ1v) is 9.08. The third-order valence-electron chi connectivity index (χ3n) is 5.16. The number of para-hydroxylation sites is 1. The van der Waals surface area contributed by atoms with Gasteiger partial charge in [-0.15, -0.1) is 0 Å². The van der Waals surface area contributed by atoms with Gasteiger partial charge in [0.05, 0.1) is 25.4 Å². The van der Waals surface area contributed by atoms with Crippen LogP contribution < -0.4 is 19.9 Å². The van der Waals surface area contributed by atoms with Gasteiger partial charge in [0, 0.05) is 22.9 Å². The molecule has 4 rings (SSSR count). The van der Waals surface area contributed by atoms with Crippen LogP contribution in [0.15, 0.2) is 42.5 Å². The molecule has 0 bridgehead atoms. The smallest absolute Gasteiger partial charge is 0.161 e. The van der Waals surface area contributed by atoms with E-state index in [1.807, 2.05) is 54.7 Å². The number of hydrogen-bond donors (Lipinski definition) is 2. The number of benzene rings is 2. The summed E-state index contributed by atoms with van der Waals surface area (Å²) >= 11 is 0. The number of aliphatic carboxylic acids is 1. The van der Waals surface area contributed by atoms with Gasteiger partial charge in [-0.05, 0) is 36.8 Å². The molecule has 2 atom stereocenters. The molecule has 27 heavy (non-hydrogen) atoms. The number of carbonyl (C=O) groups excluding carboxylic acids is 1. The molecule has 1 aliphatic rings. The van der Waals surface area contributed by atoms with Gasteiger partial charge in [-0.2, -0.15) is 0 Å². The van der Waals surface area contributed by atoms with Gasteiger partial charge in [0.1, 0.15) is 6.04 Å². The van der Waals surface area contributed by atoms with Crippen LogP contribution in [-0.4, -0.2) is 30.7 Å². The number of nitrogens with two attached hydrogens (primary N) is 1. The minimum atomic E-state index is -1.05. The highest BCUT2D eigenvalue weighted by molar-refractivity contribution is 5.86. The van der Waals surface area contributed by atoms with Gasteiger partial charge in [-0.25, -0.2) is 0 Å². The highest BCUT2D eigenvalue weighted by Gasteiger charge is 2.35. The minimum absolute atomic E-state index is 0.186. The van der Waals surface area contributed by atoms with Crippen LogP contribution in [0.5, 0.6) is 11.5 Å². The SMILES string of the molecule is CCOc1ccc([C@H]2[NH2+][C@@H](C(=O)[O-])Cc3c2[nH]c2ccccc32)cc1OC. The molecule has 6 heteroatoms. The Morgan fingerprint density at radius 3 is 2.81 bits per heavy atom. The zero-order valence-corrected chi connectivity index (χ0v) is 15.3. The van der Waals surface area contributed by atoms with Gasteiger partial charge >= 0.3 is 0 Å². The summed E-state index contributed by atoms with van der Waals surface area (Å²) in [5.74, 6) is 0.262. The average molecular weight is 366 g/mol. The zero-order chi connectivity index (χ0) is 19.0. The predicted octanol–water partition coefficient (Wildman–Crippen LogP) is 0.903. The first kappa shape index (κ1) is 17.4. The Balaban J connectivity index is 1.84. The molecule has 0 unspecified atom stereocenters. The maximum Gasteiger partial charge on any atom is 0.161 e. The van der Waals surface area contributed by atoms with E-state index in [1.54, 1.807) is 7.11 Å². The lowest BCUT2D eigenvalue weighted by molar-refractivity contribution is -0.717. The van der Waals surface area contributed by atoms with Gasteiger partial charge in [0.15, 0.2) is 17.5 Å². The summed E-state index contributed by atoms with van der Waals surface area (Å²) < 4.78 is 11.1. The molecule has 0 saturated heterocycles. The van der Waals surface area contributed by atoms with Crippen molar-refractivity contribution in [2.75, 3.05) is 13.7 Å². The molecule has 1 aromatic heterocycles. The van der Waals surface area contributed by atoms with E-state index in [2.05, 4.69) is 4.98 Å². The molecule has 1 aliphatic heterocycles. The number of carbonyl (C=O) groups is 1. The van der Waals surface area contributed by atoms with Crippen LogP contribution in [0.2, 0.25) is 0 Å². The molecule has 3 N–H and O–H groups in total. The third-order valence-corrected chi connectivity index (χ3v) is 5.16. The van der Waals surface area contributed by atoms with Crippen LogP contribution in [0.1, 0.15) is 29.8 Å². The van der Waals surface area contributed by atoms with Crippen LogP contribution in [0, 0.1) is 0 Å². The highest BCUT2D eigenvalue weighted by atomic mass is 16.5. The number of quaternary nitrogens is 1. The summed E-state index contributed by atoms with van der Waals surface area (Å²) in [6, 6.07) is 12.9. The molecule has 6 nitrogen and oxygen atoms in total. The number of carboxylic acids is 1. The van der Waals surface area contributed by atoms with Crippen molar-refractivity contribution in [1.82, 2.24) is 4.98 Å². The number of nitrogens with one attached hydrogen (secondary N) is 1. The first-order valence-electron chi connectivity index (χ1n) is 9.08. The number of ether oxygens (including phenoxy) is 2. The third kappa shape index (κ3) is 3.02. The minimum Gasteiger partial charge on any atom is -0.544 e. The van der Waals surface area contributed by atoms with Gasteiger partial charge in [-0.1, -0.05) is 18.2 Å². The van der Waals surface area contributed by atoms with Crippen LogP contribution in [0.25, 0.3) is 10.9 Å². The van der Waals surface area contributed by atoms with E-state index in [4.69, 9.17) is 9.47 Å². The van der Waals surface area contributed by atoms with Crippen molar-refractivity contribution in [3.8, 4) is 11.5 Å².